The van der Waals surface area contributed by atoms with Gasteiger partial charge in [0.2, 0.25) is 0 Å². The molecule has 1 atom stereocenters. The number of sulfone groups is 1. The molecule has 0 amide bonds. The van der Waals surface area contributed by atoms with Crippen LogP contribution in [-0.2, 0) is 9.84 Å². The Morgan fingerprint density at radius 2 is 1.45 bits per heavy atom. The summed E-state index contributed by atoms with van der Waals surface area (Å²) in [6.45, 7) is 1.95. The third-order valence-electron chi connectivity index (χ3n) is 3.92. The molecule has 0 spiro atoms. The van der Waals surface area contributed by atoms with Gasteiger partial charge in [0.15, 0.2) is 9.84 Å². The molecular weight excluding hydrogens is 292 g/mol. The van der Waals surface area contributed by atoms with E-state index in [9.17, 15) is 8.42 Å². The van der Waals surface area contributed by atoms with Crippen LogP contribution in [0.25, 0.3) is 10.8 Å². The lowest BCUT2D eigenvalue weighted by atomic mass is 10.0. The standard InChI is InChI=1S/C19H18O2S/c1-15(16-7-3-2-4-8-16)14-22(20,21)19-12-11-17-9-5-6-10-18(17)13-19/h2-13,15H,14H2,1H3. The van der Waals surface area contributed by atoms with Crippen LogP contribution in [0.4, 0.5) is 0 Å². The second kappa shape index (κ2) is 5.93. The molecule has 0 aromatic heterocycles. The van der Waals surface area contributed by atoms with Crippen molar-refractivity contribution in [3.05, 3.63) is 78.4 Å². The van der Waals surface area contributed by atoms with Gasteiger partial charge in [0, 0.05) is 0 Å². The van der Waals surface area contributed by atoms with E-state index in [4.69, 9.17) is 0 Å². The van der Waals surface area contributed by atoms with Crippen LogP contribution < -0.4 is 0 Å². The fourth-order valence-electron chi connectivity index (χ4n) is 2.66. The number of rotatable bonds is 4. The first-order valence-corrected chi connectivity index (χ1v) is 8.98. The van der Waals surface area contributed by atoms with Gasteiger partial charge in [-0.25, -0.2) is 8.42 Å². The molecule has 0 saturated heterocycles. The summed E-state index contributed by atoms with van der Waals surface area (Å²) in [6, 6.07) is 22.9. The van der Waals surface area contributed by atoms with Crippen LogP contribution in [-0.4, -0.2) is 14.2 Å². The average Bonchev–Trinajstić information content (AvgIpc) is 2.55. The summed E-state index contributed by atoms with van der Waals surface area (Å²) in [6.07, 6.45) is 0. The van der Waals surface area contributed by atoms with Crippen molar-refractivity contribution in [1.82, 2.24) is 0 Å². The molecule has 2 nitrogen and oxygen atoms in total. The summed E-state index contributed by atoms with van der Waals surface area (Å²) in [7, 11) is -3.30. The number of benzene rings is 3. The molecule has 22 heavy (non-hydrogen) atoms. The van der Waals surface area contributed by atoms with Gasteiger partial charge in [0.1, 0.15) is 0 Å². The Kier molecular flexibility index (Phi) is 3.99. The van der Waals surface area contributed by atoms with Crippen molar-refractivity contribution >= 4 is 20.6 Å². The maximum atomic E-state index is 12.7. The Hall–Kier alpha value is -2.13. The number of fused-ring (bicyclic) bond motifs is 1. The minimum atomic E-state index is -3.30. The van der Waals surface area contributed by atoms with E-state index < -0.39 is 9.84 Å². The monoisotopic (exact) mass is 310 g/mol. The molecule has 0 bridgehead atoms. The van der Waals surface area contributed by atoms with E-state index in [1.54, 1.807) is 12.1 Å². The maximum Gasteiger partial charge on any atom is 0.178 e. The molecule has 0 saturated carbocycles. The molecule has 1 unspecified atom stereocenters. The molecule has 0 aliphatic heterocycles. The first kappa shape index (κ1) is 14.8. The molecule has 3 aromatic rings. The van der Waals surface area contributed by atoms with Crippen LogP contribution >= 0.6 is 0 Å². The van der Waals surface area contributed by atoms with Crippen LogP contribution in [0.5, 0.6) is 0 Å². The Bertz CT molecular complexity index is 883. The minimum absolute atomic E-state index is 0.0299. The highest BCUT2D eigenvalue weighted by Gasteiger charge is 2.19. The van der Waals surface area contributed by atoms with Crippen molar-refractivity contribution in [2.24, 2.45) is 0 Å². The van der Waals surface area contributed by atoms with Gasteiger partial charge in [-0.2, -0.15) is 0 Å². The lowest BCUT2D eigenvalue weighted by Gasteiger charge is -2.13. The average molecular weight is 310 g/mol. The van der Waals surface area contributed by atoms with Crippen molar-refractivity contribution in [3.63, 3.8) is 0 Å². The highest BCUT2D eigenvalue weighted by atomic mass is 32.2. The molecule has 0 aliphatic carbocycles. The van der Waals surface area contributed by atoms with Gasteiger partial charge in [-0.1, -0.05) is 67.6 Å². The quantitative estimate of drug-likeness (QED) is 0.715. The Balaban J connectivity index is 1.91. The minimum Gasteiger partial charge on any atom is -0.224 e. The topological polar surface area (TPSA) is 34.1 Å². The molecule has 3 aromatic carbocycles. The summed E-state index contributed by atoms with van der Waals surface area (Å²) in [4.78, 5) is 0.397. The van der Waals surface area contributed by atoms with Gasteiger partial charge in [-0.3, -0.25) is 0 Å². The predicted molar refractivity (Wildman–Crippen MR) is 90.9 cm³/mol. The molecule has 0 radical (unpaired) electrons. The van der Waals surface area contributed by atoms with Gasteiger partial charge >= 0.3 is 0 Å². The van der Waals surface area contributed by atoms with Gasteiger partial charge < -0.3 is 0 Å². The van der Waals surface area contributed by atoms with E-state index in [1.807, 2.05) is 67.6 Å². The zero-order valence-electron chi connectivity index (χ0n) is 12.4. The van der Waals surface area contributed by atoms with Crippen molar-refractivity contribution in [2.75, 3.05) is 5.75 Å². The normalized spacial score (nSPS) is 13.1. The molecule has 3 rings (SSSR count). The summed E-state index contributed by atoms with van der Waals surface area (Å²) in [5, 5.41) is 2.01. The van der Waals surface area contributed by atoms with Gasteiger partial charge in [0.05, 0.1) is 10.6 Å². The van der Waals surface area contributed by atoms with Crippen LogP contribution in [0.3, 0.4) is 0 Å². The predicted octanol–water partition coefficient (Wildman–Crippen LogP) is 4.42. The van der Waals surface area contributed by atoms with Crippen molar-refractivity contribution < 1.29 is 8.42 Å². The highest BCUT2D eigenvalue weighted by Crippen LogP contribution is 2.24. The van der Waals surface area contributed by atoms with Gasteiger partial charge in [-0.05, 0) is 34.4 Å². The van der Waals surface area contributed by atoms with Crippen molar-refractivity contribution in [3.8, 4) is 0 Å². The van der Waals surface area contributed by atoms with Crippen molar-refractivity contribution in [2.45, 2.75) is 17.7 Å². The zero-order valence-corrected chi connectivity index (χ0v) is 13.3. The Labute approximate surface area is 131 Å². The fraction of sp³-hybridized carbons (Fsp3) is 0.158. The van der Waals surface area contributed by atoms with E-state index in [1.165, 1.54) is 0 Å². The van der Waals surface area contributed by atoms with Gasteiger partial charge in [0.25, 0.3) is 0 Å². The van der Waals surface area contributed by atoms with E-state index in [2.05, 4.69) is 0 Å². The van der Waals surface area contributed by atoms with E-state index in [0.29, 0.717) is 4.90 Å². The van der Waals surface area contributed by atoms with Gasteiger partial charge in [-0.15, -0.1) is 0 Å². The molecule has 0 heterocycles. The second-order valence-electron chi connectivity index (χ2n) is 5.60. The zero-order chi connectivity index (χ0) is 15.6. The Morgan fingerprint density at radius 1 is 0.818 bits per heavy atom. The Morgan fingerprint density at radius 3 is 2.18 bits per heavy atom. The van der Waals surface area contributed by atoms with Crippen LogP contribution in [0, 0.1) is 0 Å². The second-order valence-corrected chi connectivity index (χ2v) is 7.64. The third kappa shape index (κ3) is 3.04. The fourth-order valence-corrected chi connectivity index (χ4v) is 4.29. The molecule has 3 heteroatoms. The summed E-state index contributed by atoms with van der Waals surface area (Å²) >= 11 is 0. The lowest BCUT2D eigenvalue weighted by Crippen LogP contribution is -2.13. The number of hydrogen-bond donors (Lipinski definition) is 0. The lowest BCUT2D eigenvalue weighted by molar-refractivity contribution is 0.590. The smallest absolute Gasteiger partial charge is 0.178 e. The summed E-state index contributed by atoms with van der Waals surface area (Å²) in [5.41, 5.74) is 1.05. The molecule has 0 N–H and O–H groups in total. The third-order valence-corrected chi connectivity index (χ3v) is 5.83. The van der Waals surface area contributed by atoms with E-state index in [0.717, 1.165) is 16.3 Å². The van der Waals surface area contributed by atoms with Crippen LogP contribution in [0.2, 0.25) is 0 Å². The van der Waals surface area contributed by atoms with E-state index >= 15 is 0 Å². The summed E-state index contributed by atoms with van der Waals surface area (Å²) < 4.78 is 25.3. The maximum absolute atomic E-state index is 12.7. The van der Waals surface area contributed by atoms with Crippen LogP contribution in [0.15, 0.2) is 77.7 Å². The van der Waals surface area contributed by atoms with E-state index in [-0.39, 0.29) is 11.7 Å². The first-order chi connectivity index (χ1) is 10.6. The van der Waals surface area contributed by atoms with Crippen LogP contribution in [0.1, 0.15) is 18.4 Å². The largest absolute Gasteiger partial charge is 0.224 e. The molecular formula is C19H18O2S. The molecule has 0 fully saturated rings. The number of hydrogen-bond acceptors (Lipinski definition) is 2. The summed E-state index contributed by atoms with van der Waals surface area (Å²) in [5.74, 6) is 0.0905. The first-order valence-electron chi connectivity index (χ1n) is 7.33. The van der Waals surface area contributed by atoms with Crippen molar-refractivity contribution in [1.29, 1.82) is 0 Å². The SMILES string of the molecule is CC(CS(=O)(=O)c1ccc2ccccc2c1)c1ccccc1. The highest BCUT2D eigenvalue weighted by molar-refractivity contribution is 7.91. The molecule has 0 aliphatic rings. The molecule has 112 valence electrons.